The summed E-state index contributed by atoms with van der Waals surface area (Å²) in [6.07, 6.45) is 10.9. The van der Waals surface area contributed by atoms with Crippen LogP contribution in [0.3, 0.4) is 0 Å². The largest absolute Gasteiger partial charge is 0.341 e. The average molecular weight is 233 g/mol. The molecular formula is C13H19N3O. The molecule has 0 unspecified atom stereocenters. The molecule has 1 atom stereocenters. The van der Waals surface area contributed by atoms with Gasteiger partial charge in [0.15, 0.2) is 0 Å². The second-order valence-corrected chi connectivity index (χ2v) is 4.74. The molecule has 0 saturated heterocycles. The summed E-state index contributed by atoms with van der Waals surface area (Å²) in [5.41, 5.74) is 1.07. The Morgan fingerprint density at radius 1 is 1.65 bits per heavy atom. The number of aryl methyl sites for hydroxylation is 1. The van der Waals surface area contributed by atoms with Crippen LogP contribution in [0.1, 0.15) is 24.8 Å². The van der Waals surface area contributed by atoms with Crippen LogP contribution in [0, 0.1) is 5.92 Å². The lowest BCUT2D eigenvalue weighted by Crippen LogP contribution is -2.27. The maximum atomic E-state index is 12.0. The normalized spacial score (nSPS) is 18.6. The van der Waals surface area contributed by atoms with Gasteiger partial charge >= 0.3 is 0 Å². The number of allylic oxidation sites excluding steroid dienone is 2. The van der Waals surface area contributed by atoms with Crippen LogP contribution in [0.4, 0.5) is 0 Å². The zero-order valence-electron chi connectivity index (χ0n) is 10.5. The molecule has 0 aliphatic heterocycles. The van der Waals surface area contributed by atoms with Gasteiger partial charge in [-0.25, -0.2) is 0 Å². The van der Waals surface area contributed by atoms with Crippen molar-refractivity contribution in [2.24, 2.45) is 13.0 Å². The first-order chi connectivity index (χ1) is 8.15. The van der Waals surface area contributed by atoms with Crippen LogP contribution in [0.25, 0.3) is 0 Å². The average Bonchev–Trinajstić information content (AvgIpc) is 2.90. The number of aromatic nitrogens is 2. The van der Waals surface area contributed by atoms with Crippen LogP contribution in [0.2, 0.25) is 0 Å². The Balaban J connectivity index is 1.84. The molecule has 1 aromatic rings. The van der Waals surface area contributed by atoms with E-state index in [4.69, 9.17) is 0 Å². The number of nitrogens with zero attached hydrogens (tertiary/aromatic N) is 3. The molecule has 1 aliphatic carbocycles. The highest BCUT2D eigenvalue weighted by molar-refractivity contribution is 5.76. The van der Waals surface area contributed by atoms with Crippen LogP contribution in [-0.2, 0) is 18.4 Å². The van der Waals surface area contributed by atoms with E-state index in [1.54, 1.807) is 15.8 Å². The van der Waals surface area contributed by atoms with Crippen molar-refractivity contribution in [3.05, 3.63) is 30.1 Å². The molecule has 1 aromatic heterocycles. The van der Waals surface area contributed by atoms with E-state index in [1.165, 1.54) is 0 Å². The van der Waals surface area contributed by atoms with E-state index in [-0.39, 0.29) is 5.91 Å². The molecule has 0 aromatic carbocycles. The number of rotatable bonds is 4. The summed E-state index contributed by atoms with van der Waals surface area (Å²) < 4.78 is 1.76. The van der Waals surface area contributed by atoms with Crippen LogP contribution in [0.5, 0.6) is 0 Å². The summed E-state index contributed by atoms with van der Waals surface area (Å²) in [4.78, 5) is 13.8. The molecule has 0 fully saturated rings. The Labute approximate surface area is 102 Å². The van der Waals surface area contributed by atoms with Crippen LogP contribution in [0.15, 0.2) is 24.5 Å². The number of amides is 1. The lowest BCUT2D eigenvalue weighted by atomic mass is 10.0. The van der Waals surface area contributed by atoms with Gasteiger partial charge < -0.3 is 4.90 Å². The topological polar surface area (TPSA) is 38.1 Å². The Bertz CT molecular complexity index is 422. The third kappa shape index (κ3) is 3.19. The van der Waals surface area contributed by atoms with Crippen molar-refractivity contribution >= 4 is 5.91 Å². The van der Waals surface area contributed by atoms with Crippen molar-refractivity contribution in [2.75, 3.05) is 7.05 Å². The van der Waals surface area contributed by atoms with Gasteiger partial charge in [0.05, 0.1) is 6.20 Å². The standard InChI is InChI=1S/C13H19N3O/c1-15(9-12-8-14-16(2)10-12)13(17)7-11-5-3-4-6-11/h3,5,8,10-11H,4,6-7,9H2,1-2H3/t11-/m1/s1. The Morgan fingerprint density at radius 2 is 2.47 bits per heavy atom. The number of hydrogen-bond donors (Lipinski definition) is 0. The minimum atomic E-state index is 0.213. The summed E-state index contributed by atoms with van der Waals surface area (Å²) in [5, 5.41) is 4.10. The first-order valence-electron chi connectivity index (χ1n) is 6.03. The fourth-order valence-electron chi connectivity index (χ4n) is 2.16. The van der Waals surface area contributed by atoms with Crippen LogP contribution < -0.4 is 0 Å². The van der Waals surface area contributed by atoms with E-state index >= 15 is 0 Å². The zero-order valence-corrected chi connectivity index (χ0v) is 10.5. The van der Waals surface area contributed by atoms with Crippen LogP contribution >= 0.6 is 0 Å². The molecule has 17 heavy (non-hydrogen) atoms. The van der Waals surface area contributed by atoms with Gasteiger partial charge in [-0.2, -0.15) is 5.10 Å². The van der Waals surface area contributed by atoms with E-state index < -0.39 is 0 Å². The highest BCUT2D eigenvalue weighted by atomic mass is 16.2. The molecule has 0 bridgehead atoms. The Kier molecular flexibility index (Phi) is 3.61. The van der Waals surface area contributed by atoms with Gasteiger partial charge in [0.2, 0.25) is 5.91 Å². The Hall–Kier alpha value is -1.58. The maximum Gasteiger partial charge on any atom is 0.223 e. The fourth-order valence-corrected chi connectivity index (χ4v) is 2.16. The van der Waals surface area contributed by atoms with Crippen molar-refractivity contribution in [1.29, 1.82) is 0 Å². The molecule has 0 spiro atoms. The maximum absolute atomic E-state index is 12.0. The van der Waals surface area contributed by atoms with Gasteiger partial charge in [-0.1, -0.05) is 12.2 Å². The highest BCUT2D eigenvalue weighted by Gasteiger charge is 2.17. The van der Waals surface area contributed by atoms with Gasteiger partial charge in [0.1, 0.15) is 0 Å². The van der Waals surface area contributed by atoms with E-state index in [1.807, 2.05) is 20.3 Å². The molecular weight excluding hydrogens is 214 g/mol. The van der Waals surface area contributed by atoms with Gasteiger partial charge in [-0.15, -0.1) is 0 Å². The van der Waals surface area contributed by atoms with Crippen molar-refractivity contribution in [1.82, 2.24) is 14.7 Å². The predicted molar refractivity (Wildman–Crippen MR) is 66.2 cm³/mol. The zero-order chi connectivity index (χ0) is 12.3. The number of carbonyl (C=O) groups excluding carboxylic acids is 1. The molecule has 2 rings (SSSR count). The second kappa shape index (κ2) is 5.17. The molecule has 0 saturated carbocycles. The van der Waals surface area contributed by atoms with Crippen molar-refractivity contribution in [3.63, 3.8) is 0 Å². The van der Waals surface area contributed by atoms with Crippen LogP contribution in [-0.4, -0.2) is 27.6 Å². The molecule has 1 aliphatic rings. The predicted octanol–water partition coefficient (Wildman–Crippen LogP) is 1.73. The van der Waals surface area contributed by atoms with E-state index in [9.17, 15) is 4.79 Å². The summed E-state index contributed by atoms with van der Waals surface area (Å²) in [7, 11) is 3.74. The van der Waals surface area contributed by atoms with Crippen molar-refractivity contribution in [3.8, 4) is 0 Å². The minimum Gasteiger partial charge on any atom is -0.341 e. The summed E-state index contributed by atoms with van der Waals surface area (Å²) in [6, 6.07) is 0. The first-order valence-corrected chi connectivity index (χ1v) is 6.03. The smallest absolute Gasteiger partial charge is 0.223 e. The second-order valence-electron chi connectivity index (χ2n) is 4.74. The van der Waals surface area contributed by atoms with E-state index in [2.05, 4.69) is 17.3 Å². The quantitative estimate of drug-likeness (QED) is 0.743. The molecule has 1 heterocycles. The Morgan fingerprint density at radius 3 is 3.06 bits per heavy atom. The van der Waals surface area contributed by atoms with Gasteiger partial charge in [0, 0.05) is 38.8 Å². The molecule has 0 N–H and O–H groups in total. The van der Waals surface area contributed by atoms with E-state index in [0.717, 1.165) is 18.4 Å². The monoisotopic (exact) mass is 233 g/mol. The summed E-state index contributed by atoms with van der Waals surface area (Å²) in [5.74, 6) is 0.657. The van der Waals surface area contributed by atoms with Crippen molar-refractivity contribution in [2.45, 2.75) is 25.8 Å². The third-order valence-corrected chi connectivity index (χ3v) is 3.15. The molecule has 4 heteroatoms. The lowest BCUT2D eigenvalue weighted by molar-refractivity contribution is -0.131. The fraction of sp³-hybridized carbons (Fsp3) is 0.538. The van der Waals surface area contributed by atoms with E-state index in [0.29, 0.717) is 18.9 Å². The third-order valence-electron chi connectivity index (χ3n) is 3.15. The van der Waals surface area contributed by atoms with Gasteiger partial charge in [-0.3, -0.25) is 9.48 Å². The molecule has 1 amide bonds. The molecule has 92 valence electrons. The summed E-state index contributed by atoms with van der Waals surface area (Å²) >= 11 is 0. The van der Waals surface area contributed by atoms with Gasteiger partial charge in [-0.05, 0) is 18.8 Å². The van der Waals surface area contributed by atoms with Crippen molar-refractivity contribution < 1.29 is 4.79 Å². The summed E-state index contributed by atoms with van der Waals surface area (Å²) in [6.45, 7) is 0.642. The van der Waals surface area contributed by atoms with Gasteiger partial charge in [0.25, 0.3) is 0 Å². The lowest BCUT2D eigenvalue weighted by Gasteiger charge is -2.18. The molecule has 0 radical (unpaired) electrons. The highest BCUT2D eigenvalue weighted by Crippen LogP contribution is 2.21. The minimum absolute atomic E-state index is 0.213. The molecule has 4 nitrogen and oxygen atoms in total. The number of hydrogen-bond acceptors (Lipinski definition) is 2. The number of carbonyl (C=O) groups is 1. The first kappa shape index (κ1) is 11.9. The SMILES string of the molecule is CN(Cc1cnn(C)c1)C(=O)C[C@@H]1C=CCC1.